The molecule has 0 spiro atoms. The molecule has 2 aromatic rings. The number of carbonyl (C=O) groups excluding carboxylic acids is 1. The van der Waals surface area contributed by atoms with E-state index in [4.69, 9.17) is 9.47 Å². The summed E-state index contributed by atoms with van der Waals surface area (Å²) in [6, 6.07) is 14.1. The molecule has 1 saturated heterocycles. The molecular formula is C16H17NO3. The zero-order valence-corrected chi connectivity index (χ0v) is 11.4. The highest BCUT2D eigenvalue weighted by molar-refractivity contribution is 5.88. The summed E-state index contributed by atoms with van der Waals surface area (Å²) in [5.74, 6) is 0.873. The van der Waals surface area contributed by atoms with Crippen LogP contribution in [-0.2, 0) is 9.53 Å². The second kappa shape index (κ2) is 5.51. The molecule has 104 valence electrons. The van der Waals surface area contributed by atoms with E-state index in [-0.39, 0.29) is 18.6 Å². The van der Waals surface area contributed by atoms with Crippen LogP contribution in [0.2, 0.25) is 0 Å². The fourth-order valence-corrected chi connectivity index (χ4v) is 2.36. The van der Waals surface area contributed by atoms with Crippen LogP contribution in [0, 0.1) is 0 Å². The summed E-state index contributed by atoms with van der Waals surface area (Å²) in [5.41, 5.74) is 0. The molecule has 1 aliphatic heterocycles. The van der Waals surface area contributed by atoms with Crippen molar-refractivity contribution < 1.29 is 14.3 Å². The van der Waals surface area contributed by atoms with E-state index in [1.807, 2.05) is 30.3 Å². The lowest BCUT2D eigenvalue weighted by molar-refractivity contribution is -0.148. The van der Waals surface area contributed by atoms with Crippen molar-refractivity contribution >= 4 is 16.7 Å². The van der Waals surface area contributed by atoms with Crippen molar-refractivity contribution in [1.82, 2.24) is 4.90 Å². The van der Waals surface area contributed by atoms with Crippen LogP contribution in [0.15, 0.2) is 42.5 Å². The smallest absolute Gasteiger partial charge is 0.248 e. The van der Waals surface area contributed by atoms with Gasteiger partial charge < -0.3 is 14.4 Å². The Morgan fingerprint density at radius 1 is 1.25 bits per heavy atom. The first-order valence-corrected chi connectivity index (χ1v) is 6.70. The maximum absolute atomic E-state index is 11.3. The number of amides is 1. The van der Waals surface area contributed by atoms with E-state index >= 15 is 0 Å². The zero-order chi connectivity index (χ0) is 13.9. The number of hydrogen-bond acceptors (Lipinski definition) is 3. The van der Waals surface area contributed by atoms with Gasteiger partial charge in [-0.05, 0) is 11.5 Å². The largest absolute Gasteiger partial charge is 0.490 e. The van der Waals surface area contributed by atoms with Crippen LogP contribution in [0.1, 0.15) is 0 Å². The number of carbonyl (C=O) groups is 1. The predicted octanol–water partition coefficient (Wildman–Crippen LogP) is 2.08. The summed E-state index contributed by atoms with van der Waals surface area (Å²) < 4.78 is 11.4. The number of benzene rings is 2. The van der Waals surface area contributed by atoms with Gasteiger partial charge in [-0.15, -0.1) is 0 Å². The van der Waals surface area contributed by atoms with Crippen molar-refractivity contribution in [3.63, 3.8) is 0 Å². The third-order valence-electron chi connectivity index (χ3n) is 3.52. The first kappa shape index (κ1) is 12.9. The number of morpholine rings is 1. The van der Waals surface area contributed by atoms with E-state index in [0.29, 0.717) is 13.2 Å². The highest BCUT2D eigenvalue weighted by Gasteiger charge is 2.23. The summed E-state index contributed by atoms with van der Waals surface area (Å²) in [6.07, 6.45) is -0.0725. The van der Waals surface area contributed by atoms with Crippen molar-refractivity contribution in [3.8, 4) is 5.75 Å². The Morgan fingerprint density at radius 2 is 2.05 bits per heavy atom. The Hall–Kier alpha value is -2.07. The van der Waals surface area contributed by atoms with Crippen LogP contribution < -0.4 is 4.74 Å². The molecule has 0 radical (unpaired) electrons. The van der Waals surface area contributed by atoms with Gasteiger partial charge in [0, 0.05) is 19.0 Å². The Labute approximate surface area is 117 Å². The van der Waals surface area contributed by atoms with Gasteiger partial charge in [-0.2, -0.15) is 0 Å². The summed E-state index contributed by atoms with van der Waals surface area (Å²) in [5, 5.41) is 2.25. The van der Waals surface area contributed by atoms with E-state index in [1.165, 1.54) is 0 Å². The molecule has 0 aromatic heterocycles. The molecule has 0 saturated carbocycles. The number of ether oxygens (including phenoxy) is 2. The van der Waals surface area contributed by atoms with Crippen molar-refractivity contribution in [2.75, 3.05) is 26.8 Å². The molecule has 1 heterocycles. The lowest BCUT2D eigenvalue weighted by Crippen LogP contribution is -2.46. The highest BCUT2D eigenvalue weighted by atomic mass is 16.5. The lowest BCUT2D eigenvalue weighted by Gasteiger charge is -2.29. The number of hydrogen-bond donors (Lipinski definition) is 0. The van der Waals surface area contributed by atoms with Gasteiger partial charge in [-0.1, -0.05) is 36.4 Å². The molecule has 1 unspecified atom stereocenters. The van der Waals surface area contributed by atoms with Gasteiger partial charge >= 0.3 is 0 Å². The Kier molecular flexibility index (Phi) is 3.56. The van der Waals surface area contributed by atoms with E-state index < -0.39 is 0 Å². The molecule has 1 aliphatic rings. The summed E-state index contributed by atoms with van der Waals surface area (Å²) in [4.78, 5) is 13.0. The monoisotopic (exact) mass is 271 g/mol. The fourth-order valence-electron chi connectivity index (χ4n) is 2.36. The highest BCUT2D eigenvalue weighted by Crippen LogP contribution is 2.25. The van der Waals surface area contributed by atoms with E-state index in [1.54, 1.807) is 11.9 Å². The number of likely N-dealkylation sites (N-methyl/N-ethyl adjacent to an activating group) is 1. The van der Waals surface area contributed by atoms with Crippen LogP contribution in [0.3, 0.4) is 0 Å². The van der Waals surface area contributed by atoms with Crippen LogP contribution in [-0.4, -0.2) is 43.7 Å². The topological polar surface area (TPSA) is 38.8 Å². The molecule has 20 heavy (non-hydrogen) atoms. The van der Waals surface area contributed by atoms with E-state index in [9.17, 15) is 4.79 Å². The van der Waals surface area contributed by atoms with Crippen molar-refractivity contribution in [2.45, 2.75) is 6.10 Å². The average Bonchev–Trinajstić information content (AvgIpc) is 2.48. The molecule has 4 nitrogen and oxygen atoms in total. The van der Waals surface area contributed by atoms with Gasteiger partial charge in [0.15, 0.2) is 0 Å². The average molecular weight is 271 g/mol. The first-order chi connectivity index (χ1) is 9.74. The maximum Gasteiger partial charge on any atom is 0.248 e. The standard InChI is InChI=1S/C16H17NO3/c1-17-9-13(19-11-16(17)18)10-20-15-8-4-6-12-5-2-3-7-14(12)15/h2-8,13H,9-11H2,1H3. The van der Waals surface area contributed by atoms with Crippen molar-refractivity contribution in [2.24, 2.45) is 0 Å². The molecule has 1 fully saturated rings. The van der Waals surface area contributed by atoms with Crippen LogP contribution in [0.4, 0.5) is 0 Å². The summed E-state index contributed by atoms with van der Waals surface area (Å²) in [7, 11) is 1.79. The maximum atomic E-state index is 11.3. The normalized spacial score (nSPS) is 19.4. The molecule has 2 aromatic carbocycles. The molecule has 4 heteroatoms. The molecule has 1 amide bonds. The molecule has 3 rings (SSSR count). The van der Waals surface area contributed by atoms with Crippen molar-refractivity contribution in [1.29, 1.82) is 0 Å². The number of nitrogens with zero attached hydrogens (tertiary/aromatic N) is 1. The number of rotatable bonds is 3. The molecule has 0 N–H and O–H groups in total. The Balaban J connectivity index is 1.70. The van der Waals surface area contributed by atoms with Gasteiger partial charge in [0.05, 0.1) is 0 Å². The second-order valence-electron chi connectivity index (χ2n) is 5.00. The molecular weight excluding hydrogens is 254 g/mol. The van der Waals surface area contributed by atoms with Crippen LogP contribution >= 0.6 is 0 Å². The third-order valence-corrected chi connectivity index (χ3v) is 3.52. The van der Waals surface area contributed by atoms with Gasteiger partial charge in [0.2, 0.25) is 5.91 Å². The molecule has 0 aliphatic carbocycles. The van der Waals surface area contributed by atoms with Gasteiger partial charge in [-0.25, -0.2) is 0 Å². The van der Waals surface area contributed by atoms with E-state index in [2.05, 4.69) is 12.1 Å². The molecule has 0 bridgehead atoms. The summed E-state index contributed by atoms with van der Waals surface area (Å²) in [6.45, 7) is 1.16. The van der Waals surface area contributed by atoms with Gasteiger partial charge in [0.25, 0.3) is 0 Å². The van der Waals surface area contributed by atoms with E-state index in [0.717, 1.165) is 16.5 Å². The predicted molar refractivity (Wildman–Crippen MR) is 76.8 cm³/mol. The SMILES string of the molecule is CN1CC(COc2cccc3ccccc23)OCC1=O. The number of fused-ring (bicyclic) bond motifs is 1. The van der Waals surface area contributed by atoms with Crippen LogP contribution in [0.5, 0.6) is 5.75 Å². The van der Waals surface area contributed by atoms with Gasteiger partial charge in [0.1, 0.15) is 25.1 Å². The fraction of sp³-hybridized carbons (Fsp3) is 0.312. The Morgan fingerprint density at radius 3 is 2.90 bits per heavy atom. The van der Waals surface area contributed by atoms with Crippen molar-refractivity contribution in [3.05, 3.63) is 42.5 Å². The van der Waals surface area contributed by atoms with Gasteiger partial charge in [-0.3, -0.25) is 4.79 Å². The summed E-state index contributed by atoms with van der Waals surface area (Å²) >= 11 is 0. The molecule has 1 atom stereocenters. The zero-order valence-electron chi connectivity index (χ0n) is 11.4. The minimum Gasteiger partial charge on any atom is -0.490 e. The lowest BCUT2D eigenvalue weighted by atomic mass is 10.1. The second-order valence-corrected chi connectivity index (χ2v) is 5.00. The minimum atomic E-state index is -0.0725. The Bertz CT molecular complexity index is 621. The minimum absolute atomic E-state index is 0.0198. The van der Waals surface area contributed by atoms with Crippen LogP contribution in [0.25, 0.3) is 10.8 Å². The first-order valence-electron chi connectivity index (χ1n) is 6.70. The third kappa shape index (κ3) is 2.60. The quantitative estimate of drug-likeness (QED) is 0.858.